The molecule has 6 rings (SSSR count). The van der Waals surface area contributed by atoms with Crippen molar-refractivity contribution in [1.29, 1.82) is 0 Å². The van der Waals surface area contributed by atoms with E-state index in [1.54, 1.807) is 23.6 Å². The third kappa shape index (κ3) is 3.96. The smallest absolute Gasteiger partial charge is 0.408 e. The number of nitrogens with zero attached hydrogens (tertiary/aromatic N) is 4. The molecule has 1 aliphatic carbocycles. The summed E-state index contributed by atoms with van der Waals surface area (Å²) in [6, 6.07) is 3.80. The van der Waals surface area contributed by atoms with Crippen LogP contribution in [-0.2, 0) is 9.53 Å². The normalized spacial score (nSPS) is 17.5. The van der Waals surface area contributed by atoms with E-state index < -0.39 is 35.2 Å². The SMILES string of the molecule is Cc1c(-c2cc(F)c(N)cc2F)ccc2c3oc(N(C)C(=O)[C@@H]4COCCN4C(=O)O)nc3c(=O)n(C3CC3)c12. The molecule has 3 heterocycles. The van der Waals surface area contributed by atoms with Gasteiger partial charge < -0.3 is 24.6 Å². The fourth-order valence-electron chi connectivity index (χ4n) is 5.29. The summed E-state index contributed by atoms with van der Waals surface area (Å²) in [6.07, 6.45) is 0.255. The van der Waals surface area contributed by atoms with E-state index in [2.05, 4.69) is 4.98 Å². The van der Waals surface area contributed by atoms with Crippen LogP contribution in [0.15, 0.2) is 33.5 Å². The van der Waals surface area contributed by atoms with Gasteiger partial charge >= 0.3 is 12.1 Å². The first-order valence-corrected chi connectivity index (χ1v) is 12.7. The van der Waals surface area contributed by atoms with Crippen LogP contribution in [0.1, 0.15) is 24.4 Å². The lowest BCUT2D eigenvalue weighted by Gasteiger charge is -2.33. The van der Waals surface area contributed by atoms with E-state index in [9.17, 15) is 28.3 Å². The Labute approximate surface area is 225 Å². The number of anilines is 2. The number of nitrogens with two attached hydrogens (primary N) is 1. The van der Waals surface area contributed by atoms with Crippen LogP contribution in [-0.4, -0.2) is 64.4 Å². The molecular formula is C27H25F2N5O6. The third-order valence-electron chi connectivity index (χ3n) is 7.52. The average molecular weight is 554 g/mol. The van der Waals surface area contributed by atoms with Crippen LogP contribution in [0.2, 0.25) is 0 Å². The number of amides is 2. The van der Waals surface area contributed by atoms with Crippen molar-refractivity contribution in [3.05, 3.63) is 51.8 Å². The highest BCUT2D eigenvalue weighted by Gasteiger charge is 2.37. The summed E-state index contributed by atoms with van der Waals surface area (Å²) >= 11 is 0. The molecule has 2 aromatic heterocycles. The number of halogens is 2. The number of nitrogen functional groups attached to an aromatic ring is 1. The molecule has 0 bridgehead atoms. The lowest BCUT2D eigenvalue weighted by Crippen LogP contribution is -2.56. The monoisotopic (exact) mass is 553 g/mol. The molecule has 2 amide bonds. The maximum absolute atomic E-state index is 14.9. The van der Waals surface area contributed by atoms with Crippen molar-refractivity contribution in [3.63, 3.8) is 0 Å². The van der Waals surface area contributed by atoms with E-state index in [-0.39, 0.29) is 54.2 Å². The van der Waals surface area contributed by atoms with Crippen LogP contribution in [0.25, 0.3) is 33.1 Å². The Morgan fingerprint density at radius 1 is 1.18 bits per heavy atom. The molecule has 2 aromatic carbocycles. The molecule has 1 aliphatic heterocycles. The number of morpholine rings is 1. The van der Waals surface area contributed by atoms with Crippen molar-refractivity contribution in [2.24, 2.45) is 0 Å². The highest BCUT2D eigenvalue weighted by molar-refractivity contribution is 6.05. The van der Waals surface area contributed by atoms with Gasteiger partial charge in [0.25, 0.3) is 11.5 Å². The molecule has 2 fully saturated rings. The minimum absolute atomic E-state index is 0.000828. The van der Waals surface area contributed by atoms with Crippen LogP contribution < -0.4 is 16.2 Å². The van der Waals surface area contributed by atoms with E-state index in [0.717, 1.165) is 34.8 Å². The number of hydrogen-bond acceptors (Lipinski definition) is 7. The Morgan fingerprint density at radius 3 is 2.62 bits per heavy atom. The van der Waals surface area contributed by atoms with E-state index >= 15 is 0 Å². The van der Waals surface area contributed by atoms with Crippen molar-refractivity contribution in [3.8, 4) is 11.1 Å². The number of carbonyl (C=O) groups excluding carboxylic acids is 1. The molecule has 40 heavy (non-hydrogen) atoms. The summed E-state index contributed by atoms with van der Waals surface area (Å²) in [5.41, 5.74) is 6.30. The van der Waals surface area contributed by atoms with Gasteiger partial charge in [-0.3, -0.25) is 19.4 Å². The van der Waals surface area contributed by atoms with Crippen molar-refractivity contribution in [2.45, 2.75) is 31.8 Å². The molecule has 1 saturated heterocycles. The minimum atomic E-state index is -1.25. The molecule has 0 radical (unpaired) electrons. The van der Waals surface area contributed by atoms with Gasteiger partial charge in [-0.15, -0.1) is 0 Å². The number of aromatic nitrogens is 2. The highest BCUT2D eigenvalue weighted by Crippen LogP contribution is 2.41. The zero-order chi connectivity index (χ0) is 28.5. The summed E-state index contributed by atoms with van der Waals surface area (Å²) in [7, 11) is 1.38. The molecule has 4 aromatic rings. The first kappa shape index (κ1) is 25.7. The molecule has 1 atom stereocenters. The predicted molar refractivity (Wildman–Crippen MR) is 141 cm³/mol. The van der Waals surface area contributed by atoms with E-state index in [1.165, 1.54) is 7.05 Å². The summed E-state index contributed by atoms with van der Waals surface area (Å²) in [4.78, 5) is 45.0. The van der Waals surface area contributed by atoms with Crippen molar-refractivity contribution < 1.29 is 32.6 Å². The Kier molecular flexibility index (Phi) is 5.98. The van der Waals surface area contributed by atoms with Crippen molar-refractivity contribution in [1.82, 2.24) is 14.5 Å². The Balaban J connectivity index is 1.51. The van der Waals surface area contributed by atoms with Gasteiger partial charge in [-0.1, -0.05) is 6.07 Å². The second kappa shape index (κ2) is 9.30. The standard InChI is InChI=1S/C27H25F2N5O6/c1-12-14(16-9-18(29)19(30)10-17(16)28)5-6-15-22(12)34(13-3-4-13)25(36)21-23(15)40-26(31-21)32(2)24(35)20-11-39-8-7-33(20)27(37)38/h5-6,9-10,13,20H,3-4,7-8,11,30H2,1-2H3,(H,37,38)/t20-/m0/s1. The molecule has 0 unspecified atom stereocenters. The zero-order valence-electron chi connectivity index (χ0n) is 21.6. The lowest BCUT2D eigenvalue weighted by molar-refractivity contribution is -0.128. The third-order valence-corrected chi connectivity index (χ3v) is 7.52. The van der Waals surface area contributed by atoms with Gasteiger partial charge in [0.1, 0.15) is 17.7 Å². The van der Waals surface area contributed by atoms with E-state index in [4.69, 9.17) is 14.9 Å². The summed E-state index contributed by atoms with van der Waals surface area (Å²) in [6.45, 7) is 1.79. The van der Waals surface area contributed by atoms with Crippen molar-refractivity contribution in [2.75, 3.05) is 37.4 Å². The van der Waals surface area contributed by atoms with Crippen molar-refractivity contribution >= 4 is 45.7 Å². The van der Waals surface area contributed by atoms with E-state index in [0.29, 0.717) is 22.0 Å². The number of aryl methyl sites for hydroxylation is 1. The number of likely N-dealkylation sites (N-methyl/N-ethyl adjacent to an activating group) is 1. The first-order valence-electron chi connectivity index (χ1n) is 12.7. The number of fused-ring (bicyclic) bond motifs is 3. The minimum Gasteiger partial charge on any atom is -0.465 e. The largest absolute Gasteiger partial charge is 0.465 e. The zero-order valence-corrected chi connectivity index (χ0v) is 21.6. The number of benzene rings is 2. The summed E-state index contributed by atoms with van der Waals surface area (Å²) in [5.74, 6) is -2.09. The molecule has 13 heteroatoms. The number of pyridine rings is 1. The molecule has 208 valence electrons. The maximum Gasteiger partial charge on any atom is 0.408 e. The predicted octanol–water partition coefficient (Wildman–Crippen LogP) is 3.66. The van der Waals surface area contributed by atoms with Crippen LogP contribution in [0.3, 0.4) is 0 Å². The number of carboxylic acid groups (broad SMARTS) is 1. The van der Waals surface area contributed by atoms with Crippen LogP contribution >= 0.6 is 0 Å². The van der Waals surface area contributed by atoms with Crippen LogP contribution in [0.5, 0.6) is 0 Å². The highest BCUT2D eigenvalue weighted by atomic mass is 19.1. The van der Waals surface area contributed by atoms with Gasteiger partial charge in [-0.05, 0) is 43.0 Å². The molecule has 2 aliphatic rings. The van der Waals surface area contributed by atoms with Gasteiger partial charge in [0.05, 0.1) is 24.4 Å². The summed E-state index contributed by atoms with van der Waals surface area (Å²) < 4.78 is 42.0. The number of oxazole rings is 1. The molecule has 3 N–H and O–H groups in total. The molecule has 11 nitrogen and oxygen atoms in total. The van der Waals surface area contributed by atoms with Gasteiger partial charge in [-0.2, -0.15) is 4.98 Å². The fourth-order valence-corrected chi connectivity index (χ4v) is 5.29. The molecule has 1 saturated carbocycles. The van der Waals surface area contributed by atoms with Crippen LogP contribution in [0, 0.1) is 18.6 Å². The first-order chi connectivity index (χ1) is 19.1. The number of ether oxygens (including phenoxy) is 1. The number of rotatable bonds is 4. The quantitative estimate of drug-likeness (QED) is 0.365. The van der Waals surface area contributed by atoms with Gasteiger partial charge in [-0.25, -0.2) is 13.6 Å². The van der Waals surface area contributed by atoms with Gasteiger partial charge in [0.15, 0.2) is 11.1 Å². The average Bonchev–Trinajstić information content (AvgIpc) is 3.67. The lowest BCUT2D eigenvalue weighted by atomic mass is 9.96. The van der Waals surface area contributed by atoms with Gasteiger partial charge in [0, 0.05) is 36.7 Å². The Morgan fingerprint density at radius 2 is 1.93 bits per heavy atom. The molecular weight excluding hydrogens is 528 g/mol. The van der Waals surface area contributed by atoms with E-state index in [1.807, 2.05) is 0 Å². The molecule has 0 spiro atoms. The number of hydrogen-bond donors (Lipinski definition) is 2. The Bertz CT molecular complexity index is 1780. The second-order valence-electron chi connectivity index (χ2n) is 10.0. The maximum atomic E-state index is 14.9. The Hall–Kier alpha value is -4.52. The van der Waals surface area contributed by atoms with Crippen LogP contribution in [0.4, 0.5) is 25.3 Å². The fraction of sp³-hybridized carbons (Fsp3) is 0.333. The summed E-state index contributed by atoms with van der Waals surface area (Å²) in [5, 5.41) is 10.0. The number of carbonyl (C=O) groups is 2. The second-order valence-corrected chi connectivity index (χ2v) is 10.0. The van der Waals surface area contributed by atoms with Gasteiger partial charge in [0.2, 0.25) is 0 Å². The topological polar surface area (TPSA) is 144 Å².